The summed E-state index contributed by atoms with van der Waals surface area (Å²) in [5.41, 5.74) is 1.06. The molecule has 1 aromatic rings. The van der Waals surface area contributed by atoms with Gasteiger partial charge in [-0.05, 0) is 25.5 Å². The van der Waals surface area contributed by atoms with Gasteiger partial charge in [-0.25, -0.2) is 0 Å². The molecule has 2 nitrogen and oxygen atoms in total. The number of rotatable bonds is 2. The topological polar surface area (TPSA) is 26.3 Å². The van der Waals surface area contributed by atoms with Crippen LogP contribution in [0.4, 0.5) is 0 Å². The number of Topliss-reactive ketones (excluding diaryl/α,β-unsaturated/α-hetero) is 1. The van der Waals surface area contributed by atoms with Gasteiger partial charge in [-0.1, -0.05) is 30.3 Å². The van der Waals surface area contributed by atoms with Crippen molar-refractivity contribution in [3.8, 4) is 0 Å². The maximum atomic E-state index is 11.5. The van der Waals surface area contributed by atoms with Crippen molar-refractivity contribution in [3.63, 3.8) is 0 Å². The Labute approximate surface area is 89.6 Å². The molecule has 2 atom stereocenters. The minimum atomic E-state index is -0.135. The van der Waals surface area contributed by atoms with Gasteiger partial charge in [0.25, 0.3) is 0 Å². The Morgan fingerprint density at radius 3 is 2.53 bits per heavy atom. The second-order valence-electron chi connectivity index (χ2n) is 3.86. The maximum absolute atomic E-state index is 11.5. The molecule has 0 saturated heterocycles. The minimum absolute atomic E-state index is 0.132. The lowest BCUT2D eigenvalue weighted by Crippen LogP contribution is -2.15. The molecule has 1 heterocycles. The summed E-state index contributed by atoms with van der Waals surface area (Å²) in [4.78, 5) is 11.5. The zero-order chi connectivity index (χ0) is 10.8. The normalized spacial score (nSPS) is 24.5. The standard InChI is InChI=1S/C13H14O2/c1-9-8-12(10(2)14)13(15-9)11-6-4-3-5-7-11/h3-8,12-13H,1-2H3/t12-,13-/m1/s1. The number of ether oxygens (including phenoxy) is 1. The lowest BCUT2D eigenvalue weighted by Gasteiger charge is -2.17. The van der Waals surface area contributed by atoms with Crippen LogP contribution in [-0.4, -0.2) is 5.78 Å². The van der Waals surface area contributed by atoms with Crippen LogP contribution in [0.5, 0.6) is 0 Å². The highest BCUT2D eigenvalue weighted by atomic mass is 16.5. The second kappa shape index (κ2) is 3.89. The molecule has 0 fully saturated rings. The molecule has 2 rings (SSSR count). The van der Waals surface area contributed by atoms with Crippen molar-refractivity contribution in [1.82, 2.24) is 0 Å². The molecule has 78 valence electrons. The van der Waals surface area contributed by atoms with E-state index in [1.54, 1.807) is 6.92 Å². The maximum Gasteiger partial charge on any atom is 0.140 e. The van der Waals surface area contributed by atoms with Crippen LogP contribution in [0.2, 0.25) is 0 Å². The highest BCUT2D eigenvalue weighted by molar-refractivity contribution is 5.81. The zero-order valence-electron chi connectivity index (χ0n) is 8.94. The summed E-state index contributed by atoms with van der Waals surface area (Å²) in [6.07, 6.45) is 1.77. The van der Waals surface area contributed by atoms with Gasteiger partial charge in [0.05, 0.1) is 11.7 Å². The molecule has 1 aliphatic heterocycles. The van der Waals surface area contributed by atoms with Crippen LogP contribution in [0.15, 0.2) is 42.2 Å². The molecule has 0 N–H and O–H groups in total. The first-order valence-electron chi connectivity index (χ1n) is 5.09. The number of ketones is 1. The molecule has 0 radical (unpaired) electrons. The molecule has 0 bridgehead atoms. The first-order valence-corrected chi connectivity index (χ1v) is 5.09. The van der Waals surface area contributed by atoms with Gasteiger partial charge in [0, 0.05) is 0 Å². The highest BCUT2D eigenvalue weighted by Crippen LogP contribution is 2.36. The molecule has 2 heteroatoms. The highest BCUT2D eigenvalue weighted by Gasteiger charge is 2.31. The SMILES string of the molecule is CC(=O)[C@H]1C=C(C)O[C@@H]1c1ccccc1. The molecular weight excluding hydrogens is 188 g/mol. The van der Waals surface area contributed by atoms with Gasteiger partial charge in [-0.3, -0.25) is 4.79 Å². The smallest absolute Gasteiger partial charge is 0.140 e. The summed E-state index contributed by atoms with van der Waals surface area (Å²) in [5, 5.41) is 0. The predicted octanol–water partition coefficient (Wildman–Crippen LogP) is 2.87. The third-order valence-corrected chi connectivity index (χ3v) is 2.65. The van der Waals surface area contributed by atoms with Gasteiger partial charge in [0.2, 0.25) is 0 Å². The first-order chi connectivity index (χ1) is 7.18. The van der Waals surface area contributed by atoms with E-state index in [2.05, 4.69) is 0 Å². The molecular formula is C13H14O2. The Morgan fingerprint density at radius 2 is 1.93 bits per heavy atom. The van der Waals surface area contributed by atoms with Crippen LogP contribution < -0.4 is 0 Å². The van der Waals surface area contributed by atoms with Gasteiger partial charge in [0.15, 0.2) is 0 Å². The monoisotopic (exact) mass is 202 g/mol. The van der Waals surface area contributed by atoms with E-state index < -0.39 is 0 Å². The van der Waals surface area contributed by atoms with Crippen molar-refractivity contribution in [2.75, 3.05) is 0 Å². The molecule has 0 aromatic heterocycles. The van der Waals surface area contributed by atoms with Crippen molar-refractivity contribution in [3.05, 3.63) is 47.7 Å². The molecule has 0 aliphatic carbocycles. The third-order valence-electron chi connectivity index (χ3n) is 2.65. The third kappa shape index (κ3) is 1.94. The Kier molecular flexibility index (Phi) is 2.58. The summed E-state index contributed by atoms with van der Waals surface area (Å²) in [6, 6.07) is 9.87. The van der Waals surface area contributed by atoms with Crippen LogP contribution in [-0.2, 0) is 9.53 Å². The zero-order valence-corrected chi connectivity index (χ0v) is 8.94. The second-order valence-corrected chi connectivity index (χ2v) is 3.86. The quantitative estimate of drug-likeness (QED) is 0.737. The average Bonchev–Trinajstić information content (AvgIpc) is 2.62. The first kappa shape index (κ1) is 9.97. The van der Waals surface area contributed by atoms with Gasteiger partial charge < -0.3 is 4.74 Å². The lowest BCUT2D eigenvalue weighted by molar-refractivity contribution is -0.121. The number of hydrogen-bond acceptors (Lipinski definition) is 2. The van der Waals surface area contributed by atoms with Crippen LogP contribution in [0.25, 0.3) is 0 Å². The van der Waals surface area contributed by atoms with Crippen LogP contribution in [0.3, 0.4) is 0 Å². The van der Waals surface area contributed by atoms with Gasteiger partial charge in [0.1, 0.15) is 11.9 Å². The van der Waals surface area contributed by atoms with Crippen LogP contribution in [0.1, 0.15) is 25.5 Å². The average molecular weight is 202 g/mol. The van der Waals surface area contributed by atoms with E-state index in [0.29, 0.717) is 0 Å². The van der Waals surface area contributed by atoms with Crippen LogP contribution >= 0.6 is 0 Å². The number of benzene rings is 1. The number of carbonyl (C=O) groups is 1. The van der Waals surface area contributed by atoms with E-state index >= 15 is 0 Å². The van der Waals surface area contributed by atoms with E-state index in [1.165, 1.54) is 0 Å². The Hall–Kier alpha value is -1.57. The van der Waals surface area contributed by atoms with Crippen molar-refractivity contribution in [2.24, 2.45) is 5.92 Å². The predicted molar refractivity (Wildman–Crippen MR) is 58.2 cm³/mol. The summed E-state index contributed by atoms with van der Waals surface area (Å²) >= 11 is 0. The summed E-state index contributed by atoms with van der Waals surface area (Å²) in [6.45, 7) is 3.50. The Morgan fingerprint density at radius 1 is 1.27 bits per heavy atom. The molecule has 0 unspecified atom stereocenters. The minimum Gasteiger partial charge on any atom is -0.490 e. The van der Waals surface area contributed by atoms with E-state index in [9.17, 15) is 4.79 Å². The number of allylic oxidation sites excluding steroid dienone is 1. The molecule has 1 aromatic carbocycles. The lowest BCUT2D eigenvalue weighted by atomic mass is 9.94. The summed E-state index contributed by atoms with van der Waals surface area (Å²) < 4.78 is 5.66. The largest absolute Gasteiger partial charge is 0.490 e. The van der Waals surface area contributed by atoms with Gasteiger partial charge >= 0.3 is 0 Å². The van der Waals surface area contributed by atoms with Crippen molar-refractivity contribution in [2.45, 2.75) is 20.0 Å². The summed E-state index contributed by atoms with van der Waals surface area (Å²) in [5.74, 6) is 0.858. The number of carbonyl (C=O) groups excluding carboxylic acids is 1. The molecule has 0 spiro atoms. The van der Waals surface area contributed by atoms with E-state index in [-0.39, 0.29) is 17.8 Å². The van der Waals surface area contributed by atoms with Crippen molar-refractivity contribution >= 4 is 5.78 Å². The van der Waals surface area contributed by atoms with E-state index in [4.69, 9.17) is 4.74 Å². The fraction of sp³-hybridized carbons (Fsp3) is 0.308. The molecule has 1 aliphatic rings. The van der Waals surface area contributed by atoms with E-state index in [1.807, 2.05) is 43.3 Å². The van der Waals surface area contributed by atoms with Gasteiger partial charge in [-0.15, -0.1) is 0 Å². The number of hydrogen-bond donors (Lipinski definition) is 0. The fourth-order valence-electron chi connectivity index (χ4n) is 1.90. The summed E-state index contributed by atoms with van der Waals surface area (Å²) in [7, 11) is 0. The fourth-order valence-corrected chi connectivity index (χ4v) is 1.90. The van der Waals surface area contributed by atoms with Crippen molar-refractivity contribution < 1.29 is 9.53 Å². The van der Waals surface area contributed by atoms with E-state index in [0.717, 1.165) is 11.3 Å². The Balaban J connectivity index is 2.28. The molecule has 0 amide bonds. The van der Waals surface area contributed by atoms with Crippen molar-refractivity contribution in [1.29, 1.82) is 0 Å². The Bertz CT molecular complexity index is 392. The van der Waals surface area contributed by atoms with Crippen LogP contribution in [0, 0.1) is 5.92 Å². The molecule has 0 saturated carbocycles. The van der Waals surface area contributed by atoms with Gasteiger partial charge in [-0.2, -0.15) is 0 Å². The molecule has 15 heavy (non-hydrogen) atoms.